The molecule has 4 saturated carbocycles. The Labute approximate surface area is 186 Å². The van der Waals surface area contributed by atoms with Gasteiger partial charge in [0.1, 0.15) is 6.10 Å². The van der Waals surface area contributed by atoms with Crippen LogP contribution in [0.5, 0.6) is 0 Å². The van der Waals surface area contributed by atoms with Crippen LogP contribution in [0.4, 0.5) is 0 Å². The molecule has 4 fully saturated rings. The van der Waals surface area contributed by atoms with Gasteiger partial charge in [0.2, 0.25) is 0 Å². The topological polar surface area (TPSA) is 26.3 Å². The highest BCUT2D eigenvalue weighted by Crippen LogP contribution is 2.64. The molecule has 2 nitrogen and oxygen atoms in total. The van der Waals surface area contributed by atoms with Gasteiger partial charge in [-0.15, -0.1) is 0 Å². The molecule has 0 radical (unpaired) electrons. The Balaban J connectivity index is 1.38. The predicted molar refractivity (Wildman–Crippen MR) is 124 cm³/mol. The number of ether oxygens (including phenoxy) is 1. The molecule has 0 aromatic heterocycles. The summed E-state index contributed by atoms with van der Waals surface area (Å²) in [5.41, 5.74) is 0.505. The predicted octanol–water partition coefficient (Wildman–Crippen LogP) is 7.65. The van der Waals surface area contributed by atoms with Crippen molar-refractivity contribution in [2.24, 2.45) is 52.8 Å². The Hall–Kier alpha value is -0.530. The molecular formula is C28H48O2. The monoisotopic (exact) mass is 416 g/mol. The molecule has 4 aliphatic carbocycles. The van der Waals surface area contributed by atoms with E-state index in [0.29, 0.717) is 5.41 Å². The summed E-state index contributed by atoms with van der Waals surface area (Å²) in [5.74, 6) is 7.46. The van der Waals surface area contributed by atoms with E-state index in [1.807, 2.05) is 0 Å². The highest BCUT2D eigenvalue weighted by Gasteiger charge is 2.56. The number of esters is 1. The zero-order valence-corrected chi connectivity index (χ0v) is 20.5. The molecule has 172 valence electrons. The third-order valence-corrected chi connectivity index (χ3v) is 10.5. The van der Waals surface area contributed by atoms with Crippen LogP contribution in [0, 0.1) is 52.8 Å². The normalized spacial score (nSPS) is 44.1. The van der Waals surface area contributed by atoms with E-state index >= 15 is 0 Å². The summed E-state index contributed by atoms with van der Waals surface area (Å²) in [4.78, 5) is 11.5. The second-order valence-electron chi connectivity index (χ2n) is 12.5. The maximum atomic E-state index is 11.5. The van der Waals surface area contributed by atoms with Crippen LogP contribution in [0.2, 0.25) is 0 Å². The fourth-order valence-corrected chi connectivity index (χ4v) is 9.03. The van der Waals surface area contributed by atoms with Crippen LogP contribution in [0.3, 0.4) is 0 Å². The van der Waals surface area contributed by atoms with E-state index in [2.05, 4.69) is 27.7 Å². The van der Waals surface area contributed by atoms with Gasteiger partial charge in [0.05, 0.1) is 0 Å². The van der Waals surface area contributed by atoms with Gasteiger partial charge in [-0.3, -0.25) is 4.79 Å². The highest BCUT2D eigenvalue weighted by molar-refractivity contribution is 5.66. The maximum Gasteiger partial charge on any atom is 0.302 e. The summed E-state index contributed by atoms with van der Waals surface area (Å²) >= 11 is 0. The lowest BCUT2D eigenvalue weighted by molar-refractivity contribution is -0.157. The maximum absolute atomic E-state index is 11.5. The van der Waals surface area contributed by atoms with Gasteiger partial charge >= 0.3 is 5.97 Å². The molecule has 0 saturated heterocycles. The number of carbonyl (C=O) groups is 1. The van der Waals surface area contributed by atoms with Gasteiger partial charge in [0.15, 0.2) is 0 Å². The quantitative estimate of drug-likeness (QED) is 0.416. The minimum absolute atomic E-state index is 0.0858. The molecule has 6 unspecified atom stereocenters. The first-order chi connectivity index (χ1) is 14.3. The molecule has 0 heterocycles. The van der Waals surface area contributed by atoms with Gasteiger partial charge in [-0.2, -0.15) is 0 Å². The van der Waals surface area contributed by atoms with Crippen molar-refractivity contribution in [2.45, 2.75) is 118 Å². The van der Waals surface area contributed by atoms with Crippen molar-refractivity contribution in [1.29, 1.82) is 0 Å². The van der Waals surface area contributed by atoms with Gasteiger partial charge < -0.3 is 4.74 Å². The Morgan fingerprint density at radius 3 is 2.40 bits per heavy atom. The van der Waals surface area contributed by atoms with Gasteiger partial charge in [0, 0.05) is 6.92 Å². The molecule has 4 aliphatic rings. The van der Waals surface area contributed by atoms with E-state index in [0.717, 1.165) is 60.2 Å². The van der Waals surface area contributed by atoms with E-state index in [4.69, 9.17) is 4.74 Å². The summed E-state index contributed by atoms with van der Waals surface area (Å²) in [5, 5.41) is 0. The number of hydrogen-bond donors (Lipinski definition) is 0. The zero-order chi connectivity index (χ0) is 21.5. The zero-order valence-electron chi connectivity index (χ0n) is 20.5. The average molecular weight is 417 g/mol. The van der Waals surface area contributed by atoms with E-state index < -0.39 is 0 Å². The molecule has 0 bridgehead atoms. The largest absolute Gasteiger partial charge is 0.463 e. The van der Waals surface area contributed by atoms with Crippen molar-refractivity contribution in [3.05, 3.63) is 0 Å². The van der Waals surface area contributed by atoms with Crippen LogP contribution in [0.15, 0.2) is 0 Å². The lowest BCUT2D eigenvalue weighted by Crippen LogP contribution is -2.52. The van der Waals surface area contributed by atoms with Crippen molar-refractivity contribution >= 4 is 5.97 Å². The fraction of sp³-hybridized carbons (Fsp3) is 0.964. The van der Waals surface area contributed by atoms with E-state index in [-0.39, 0.29) is 12.1 Å². The number of rotatable bonds is 6. The minimum atomic E-state index is -0.0858. The average Bonchev–Trinajstić information content (AvgIpc) is 3.12. The molecule has 2 heteroatoms. The second-order valence-corrected chi connectivity index (χ2v) is 12.5. The summed E-state index contributed by atoms with van der Waals surface area (Å²) in [7, 11) is 0. The van der Waals surface area contributed by atoms with Gasteiger partial charge in [-0.05, 0) is 111 Å². The minimum Gasteiger partial charge on any atom is -0.463 e. The highest BCUT2D eigenvalue weighted by atomic mass is 16.5. The van der Waals surface area contributed by atoms with Crippen LogP contribution in [0.1, 0.15) is 112 Å². The van der Waals surface area contributed by atoms with Gasteiger partial charge in [-0.1, -0.05) is 47.0 Å². The molecule has 0 N–H and O–H groups in total. The van der Waals surface area contributed by atoms with Crippen molar-refractivity contribution in [3.8, 4) is 0 Å². The Morgan fingerprint density at radius 2 is 1.67 bits per heavy atom. The van der Waals surface area contributed by atoms with Crippen LogP contribution < -0.4 is 0 Å². The molecule has 4 rings (SSSR count). The third-order valence-electron chi connectivity index (χ3n) is 10.5. The van der Waals surface area contributed by atoms with E-state index in [9.17, 15) is 4.79 Å². The van der Waals surface area contributed by atoms with Crippen LogP contribution >= 0.6 is 0 Å². The van der Waals surface area contributed by atoms with Crippen LogP contribution in [-0.4, -0.2) is 12.1 Å². The van der Waals surface area contributed by atoms with Crippen molar-refractivity contribution in [3.63, 3.8) is 0 Å². The van der Waals surface area contributed by atoms with Crippen LogP contribution in [0.25, 0.3) is 0 Å². The lowest BCUT2D eigenvalue weighted by atomic mass is 9.46. The first-order valence-corrected chi connectivity index (χ1v) is 13.5. The molecule has 0 aromatic rings. The van der Waals surface area contributed by atoms with Crippen LogP contribution in [-0.2, 0) is 9.53 Å². The Kier molecular flexibility index (Phi) is 6.91. The Morgan fingerprint density at radius 1 is 0.933 bits per heavy atom. The molecule has 0 aliphatic heterocycles. The van der Waals surface area contributed by atoms with Gasteiger partial charge in [0.25, 0.3) is 0 Å². The molecule has 0 aromatic carbocycles. The lowest BCUT2D eigenvalue weighted by Gasteiger charge is -2.59. The first-order valence-electron chi connectivity index (χ1n) is 13.5. The first kappa shape index (κ1) is 22.7. The molecular weight excluding hydrogens is 368 g/mol. The van der Waals surface area contributed by atoms with E-state index in [1.54, 1.807) is 6.92 Å². The SMILES string of the molecule is CC(=O)O[C@H]1CC[C@@]2(C)C(CCC3C4CCC([C@H](C)CCCC(C)C)C4CCC32)C1. The van der Waals surface area contributed by atoms with Crippen molar-refractivity contribution in [2.75, 3.05) is 0 Å². The molecule has 9 atom stereocenters. The number of carbonyl (C=O) groups excluding carboxylic acids is 1. The number of hydrogen-bond acceptors (Lipinski definition) is 2. The van der Waals surface area contributed by atoms with E-state index in [1.165, 1.54) is 64.2 Å². The van der Waals surface area contributed by atoms with Crippen molar-refractivity contribution < 1.29 is 9.53 Å². The molecule has 0 amide bonds. The smallest absolute Gasteiger partial charge is 0.302 e. The van der Waals surface area contributed by atoms with Crippen molar-refractivity contribution in [1.82, 2.24) is 0 Å². The third kappa shape index (κ3) is 4.36. The Bertz CT molecular complexity index is 597. The summed E-state index contributed by atoms with van der Waals surface area (Å²) in [6.07, 6.45) is 16.8. The summed E-state index contributed by atoms with van der Waals surface area (Å²) in [6, 6.07) is 0. The molecule has 30 heavy (non-hydrogen) atoms. The second kappa shape index (κ2) is 9.14. The fourth-order valence-electron chi connectivity index (χ4n) is 9.03. The number of fused-ring (bicyclic) bond motifs is 5. The summed E-state index contributed by atoms with van der Waals surface area (Å²) < 4.78 is 5.64. The standard InChI is InChI=1S/C28H48O2/c1-18(2)7-6-8-19(3)23-11-12-25-24(23)13-14-27-26(25)10-9-21-17-22(30-20(4)29)15-16-28(21,27)5/h18-19,21-27H,6-17H2,1-5H3/t19-,21?,22+,23?,24?,25?,26?,27?,28+/m1/s1. The molecule has 0 spiro atoms. The summed E-state index contributed by atoms with van der Waals surface area (Å²) in [6.45, 7) is 11.5. The van der Waals surface area contributed by atoms with Gasteiger partial charge in [-0.25, -0.2) is 0 Å².